The van der Waals surface area contributed by atoms with Crippen LogP contribution < -0.4 is 0 Å². The number of aromatic nitrogens is 9. The normalized spacial score (nSPS) is 14.1. The van der Waals surface area contributed by atoms with E-state index in [1.807, 2.05) is 103 Å². The predicted octanol–water partition coefficient (Wildman–Crippen LogP) is 32.8. The third kappa shape index (κ3) is 14.8. The molecule has 6 aliphatic rings. The van der Waals surface area contributed by atoms with Crippen LogP contribution in [0.3, 0.4) is 0 Å². The molecular weight excluding hydrogens is 1800 g/mol. The van der Waals surface area contributed by atoms with Gasteiger partial charge < -0.3 is 0 Å². The molecule has 3 spiro atoms. The number of hydrogen-bond donors (Lipinski definition) is 0. The highest BCUT2D eigenvalue weighted by molar-refractivity contribution is 5.97. The molecule has 0 saturated carbocycles. The molecule has 0 aliphatic heterocycles. The molecule has 0 bridgehead atoms. The molecule has 9 heteroatoms. The van der Waals surface area contributed by atoms with Crippen LogP contribution in [0.2, 0.25) is 0 Å². The molecule has 6 aliphatic carbocycles. The van der Waals surface area contributed by atoms with Crippen molar-refractivity contribution < 1.29 is 12.3 Å². The van der Waals surface area contributed by atoms with Crippen LogP contribution >= 0.6 is 0 Å². The molecule has 29 rings (SSSR count). The van der Waals surface area contributed by atoms with Crippen LogP contribution in [0.1, 0.15) is 118 Å². The molecule has 3 aromatic heterocycles. The van der Waals surface area contributed by atoms with E-state index in [-0.39, 0.29) is 46.2 Å². The summed E-state index contributed by atoms with van der Waals surface area (Å²) in [5, 5.41) is 0. The Morgan fingerprint density at radius 3 is 0.723 bits per heavy atom. The Labute approximate surface area is 872 Å². The lowest BCUT2D eigenvalue weighted by molar-refractivity contribution is 0.766. The second-order valence-corrected chi connectivity index (χ2v) is 37.7. The van der Waals surface area contributed by atoms with Gasteiger partial charge in [-0.25, -0.2) is 44.9 Å². The largest absolute Gasteiger partial charge is 0.208 e. The molecule has 0 atom stereocenters. The summed E-state index contributed by atoms with van der Waals surface area (Å²) in [6.07, 6.45) is 13.3. The molecule has 148 heavy (non-hydrogen) atoms. The summed E-state index contributed by atoms with van der Waals surface area (Å²) in [7, 11) is 0. The lowest BCUT2D eigenvalue weighted by Gasteiger charge is -2.35. The highest BCUT2D eigenvalue weighted by atomic mass is 15.1. The average Bonchev–Trinajstić information content (AvgIpc) is 1.53. The van der Waals surface area contributed by atoms with E-state index in [9.17, 15) is 0 Å². The Morgan fingerprint density at radius 1 is 0.155 bits per heavy atom. The van der Waals surface area contributed by atoms with Gasteiger partial charge in [-0.3, -0.25) is 0 Å². The molecule has 0 N–H and O–H groups in total. The van der Waals surface area contributed by atoms with Crippen LogP contribution in [-0.2, 0) is 16.2 Å². The van der Waals surface area contributed by atoms with Crippen molar-refractivity contribution in [2.75, 3.05) is 0 Å². The van der Waals surface area contributed by atoms with Crippen molar-refractivity contribution >= 4 is 36.5 Å². The molecule has 0 radical (unpaired) electrons. The topological polar surface area (TPSA) is 116 Å². The van der Waals surface area contributed by atoms with E-state index >= 15 is 0 Å². The highest BCUT2D eigenvalue weighted by Gasteiger charge is 2.52. The van der Waals surface area contributed by atoms with Gasteiger partial charge in [-0.1, -0.05) is 509 Å². The minimum atomic E-state index is -0.770. The summed E-state index contributed by atoms with van der Waals surface area (Å²) in [5.41, 5.74) is 37.2. The minimum Gasteiger partial charge on any atom is -0.208 e. The Balaban J connectivity index is 0.000000114. The van der Waals surface area contributed by atoms with Gasteiger partial charge in [0.25, 0.3) is 0 Å². The summed E-state index contributed by atoms with van der Waals surface area (Å²) in [5.74, 6) is 3.51. The summed E-state index contributed by atoms with van der Waals surface area (Å²) in [4.78, 5) is 44.9. The lowest BCUT2D eigenvalue weighted by atomic mass is 9.66. The van der Waals surface area contributed by atoms with Gasteiger partial charge in [-0.2, -0.15) is 0 Å². The van der Waals surface area contributed by atoms with Crippen molar-refractivity contribution in [2.24, 2.45) is 0 Å². The molecule has 0 fully saturated rings. The van der Waals surface area contributed by atoms with Crippen LogP contribution in [0.5, 0.6) is 0 Å². The Bertz CT molecular complexity index is 9620. The molecule has 0 saturated heterocycles. The van der Waals surface area contributed by atoms with Gasteiger partial charge in [0.05, 0.1) is 28.6 Å². The average molecular weight is 1900 g/mol. The van der Waals surface area contributed by atoms with Gasteiger partial charge >= 0.3 is 0 Å². The summed E-state index contributed by atoms with van der Waals surface area (Å²) < 4.78 is 77.0. The van der Waals surface area contributed by atoms with Crippen molar-refractivity contribution in [3.05, 3.63) is 603 Å². The molecule has 20 aromatic carbocycles. The van der Waals surface area contributed by atoms with Gasteiger partial charge in [0.15, 0.2) is 52.4 Å². The molecular formula is C139H91N9. The first kappa shape index (κ1) is 78.3. The van der Waals surface area contributed by atoms with Gasteiger partial charge in [0.1, 0.15) is 0 Å². The molecule has 0 amide bonds. The van der Waals surface area contributed by atoms with Gasteiger partial charge in [0, 0.05) is 50.1 Å². The van der Waals surface area contributed by atoms with Crippen molar-refractivity contribution in [3.63, 3.8) is 0 Å². The molecule has 0 unspecified atom stereocenters. The molecule has 9 nitrogen and oxygen atoms in total. The van der Waals surface area contributed by atoms with Crippen molar-refractivity contribution in [2.45, 2.75) is 23.2 Å². The van der Waals surface area contributed by atoms with E-state index in [1.165, 1.54) is 102 Å². The summed E-state index contributed by atoms with van der Waals surface area (Å²) in [6, 6.07) is 152. The summed E-state index contributed by atoms with van der Waals surface area (Å²) >= 11 is 0. The number of nitrogens with zero attached hydrogens (tertiary/aromatic N) is 9. The zero-order valence-corrected chi connectivity index (χ0v) is 80.1. The zero-order valence-electron chi connectivity index (χ0n) is 89.1. The number of benzene rings is 20. The van der Waals surface area contributed by atoms with E-state index in [1.54, 1.807) is 0 Å². The standard InChI is InChI=1S/2C48H31N3.C43H29N3/c1-3-14-32(15-4-1)36-20-13-21-37(30-36)46-49-45(35-18-5-2-6-19-35)50-47(51-46)38-28-29-40-39-22-9-12-25-43(39)48(44(40)31-38)41-23-10-7-16-33(41)26-27-34-17-8-11-24-42(34)48;1-3-13-32(14-4-1)33-23-27-37(28-24-33)46-49-45(36-17-5-2-6-18-36)50-47(51-46)38-29-30-40-39-19-9-12-22-43(39)48(44(40)31-38)41-20-10-7-15-34(41)25-26-35-16-8-11-21-42(35)48;1-28-12-11-17-32(26-28)41-44-40(31-15-3-2-4-16-31)45-42(46-41)33-24-25-35-34-18-7-10-21-38(34)43(39(35)27-33)36-19-8-5-13-29(36)22-23-30-14-6-9-20-37(30)43/h2*1-31H;2-27H,1H3/i;;2D,3D,4D,11D,12D,15D,16D,17D,26D. The van der Waals surface area contributed by atoms with E-state index in [4.69, 9.17) is 52.2 Å². The fraction of sp³-hybridized carbons (Fsp3) is 0.0288. The zero-order chi connectivity index (χ0) is 106. The van der Waals surface area contributed by atoms with E-state index in [2.05, 4.69) is 381 Å². The molecule has 23 aromatic rings. The predicted molar refractivity (Wildman–Crippen MR) is 603 cm³/mol. The molecule has 3 heterocycles. The lowest BCUT2D eigenvalue weighted by Crippen LogP contribution is -2.30. The van der Waals surface area contributed by atoms with Crippen molar-refractivity contribution in [1.82, 2.24) is 44.9 Å². The van der Waals surface area contributed by atoms with Gasteiger partial charge in [-0.15, -0.1) is 0 Å². The molecule has 692 valence electrons. The first-order chi connectivity index (χ1) is 77.0. The Morgan fingerprint density at radius 2 is 0.378 bits per heavy atom. The Kier molecular flexibility index (Phi) is 19.3. The third-order valence-electron chi connectivity index (χ3n) is 29.6. The maximum Gasteiger partial charge on any atom is 0.164 e. The van der Waals surface area contributed by atoms with Crippen LogP contribution in [0.4, 0.5) is 0 Å². The quantitative estimate of drug-likeness (QED) is 0.125. The van der Waals surface area contributed by atoms with Gasteiger partial charge in [0.2, 0.25) is 0 Å². The number of rotatable bonds is 11. The number of fused-ring (bicyclic) bond motifs is 27. The number of hydrogen-bond acceptors (Lipinski definition) is 9. The van der Waals surface area contributed by atoms with Crippen molar-refractivity contribution in [3.8, 4) is 158 Å². The SMILES string of the molecule is C1=Cc2ccccc2C2(c3ccccc31)c1ccccc1-c1ccc(-c3nc(-c4ccccc4)nc(-c4ccc(-c5ccccc5)cc4)n3)cc12.C1=Cc2ccccc2C2(c3ccccc31)c1ccccc1-c1ccc(-c3nc(-c4ccccc4)nc(-c4cccc(-c5ccccc5)c4)n3)cc12.[2H]c1c([2H])c([2H])c(-c2nc(-c3ccc4c(c3)C3(c5ccccc5C=Cc5ccccc53)c3ccccc3-4)nc(-c3c([2H])c([2H])c([2H])c(C)c3[2H])n2)c([2H])c1[2H]. The Hall–Kier alpha value is -19.4. The van der Waals surface area contributed by atoms with Crippen LogP contribution in [0.15, 0.2) is 497 Å². The second-order valence-electron chi connectivity index (χ2n) is 37.7. The first-order valence-corrected chi connectivity index (χ1v) is 49.7. The smallest absolute Gasteiger partial charge is 0.164 e. The minimum absolute atomic E-state index is 0.0759. The van der Waals surface area contributed by atoms with Crippen LogP contribution in [0, 0.1) is 6.92 Å². The second kappa shape index (κ2) is 36.6. The fourth-order valence-corrected chi connectivity index (χ4v) is 23.1. The third-order valence-corrected chi connectivity index (χ3v) is 29.6. The maximum atomic E-state index is 8.92. The van der Waals surface area contributed by atoms with Gasteiger partial charge in [-0.05, 0) is 193 Å². The first-order valence-electron chi connectivity index (χ1n) is 54.2. The monoisotopic (exact) mass is 1890 g/mol. The van der Waals surface area contributed by atoms with Crippen LogP contribution in [0.25, 0.3) is 195 Å². The maximum absolute atomic E-state index is 8.92. The fourth-order valence-electron chi connectivity index (χ4n) is 23.1. The van der Waals surface area contributed by atoms with Crippen LogP contribution in [-0.4, -0.2) is 44.9 Å². The summed E-state index contributed by atoms with van der Waals surface area (Å²) in [6.45, 7) is 1.51. The van der Waals surface area contributed by atoms with Crippen molar-refractivity contribution in [1.29, 1.82) is 0 Å². The van der Waals surface area contributed by atoms with E-state index in [0.717, 1.165) is 94.6 Å². The van der Waals surface area contributed by atoms with E-state index < -0.39 is 58.5 Å². The van der Waals surface area contributed by atoms with E-state index in [0.29, 0.717) is 40.5 Å². The highest BCUT2D eigenvalue weighted by Crippen LogP contribution is 2.63.